The molecule has 1 N–H and O–H groups in total. The molecule has 5 heteroatoms. The first-order valence-corrected chi connectivity index (χ1v) is 5.50. The molecule has 92 valence electrons. The summed E-state index contributed by atoms with van der Waals surface area (Å²) in [4.78, 5) is 20.6. The minimum Gasteiger partial charge on any atom is -0.465 e. The van der Waals surface area contributed by atoms with E-state index in [9.17, 15) is 9.90 Å². The van der Waals surface area contributed by atoms with Crippen molar-refractivity contribution in [2.45, 2.75) is 13.5 Å². The van der Waals surface area contributed by atoms with E-state index in [-0.39, 0.29) is 6.54 Å². The van der Waals surface area contributed by atoms with Crippen molar-refractivity contribution in [3.8, 4) is 0 Å². The number of aryl methyl sites for hydroxylation is 1. The van der Waals surface area contributed by atoms with Crippen LogP contribution in [0, 0.1) is 6.92 Å². The molecular formula is C13H13N3O2. The average molecular weight is 243 g/mol. The predicted molar refractivity (Wildman–Crippen MR) is 67.4 cm³/mol. The van der Waals surface area contributed by atoms with Gasteiger partial charge in [0.15, 0.2) is 5.82 Å². The lowest BCUT2D eigenvalue weighted by atomic mass is 10.2. The van der Waals surface area contributed by atoms with E-state index in [1.807, 2.05) is 30.3 Å². The summed E-state index contributed by atoms with van der Waals surface area (Å²) in [6, 6.07) is 9.38. The molecule has 0 saturated heterocycles. The molecule has 0 aliphatic heterocycles. The number of hydrogen-bond donors (Lipinski definition) is 1. The monoisotopic (exact) mass is 243 g/mol. The molecule has 0 saturated carbocycles. The number of nitrogens with zero attached hydrogens (tertiary/aromatic N) is 3. The third-order valence-corrected chi connectivity index (χ3v) is 2.46. The summed E-state index contributed by atoms with van der Waals surface area (Å²) in [6.45, 7) is 2.06. The minimum atomic E-state index is -1.04. The fourth-order valence-electron chi connectivity index (χ4n) is 1.54. The molecule has 1 amide bonds. The number of carboxylic acid groups (broad SMARTS) is 1. The average Bonchev–Trinajstić information content (AvgIpc) is 2.38. The number of rotatable bonds is 3. The molecule has 0 atom stereocenters. The molecule has 0 unspecified atom stereocenters. The third kappa shape index (κ3) is 2.82. The van der Waals surface area contributed by atoms with Gasteiger partial charge < -0.3 is 5.11 Å². The largest absolute Gasteiger partial charge is 0.465 e. The summed E-state index contributed by atoms with van der Waals surface area (Å²) in [5, 5.41) is 9.22. The summed E-state index contributed by atoms with van der Waals surface area (Å²) in [5.41, 5.74) is 1.66. The first-order valence-electron chi connectivity index (χ1n) is 5.50. The van der Waals surface area contributed by atoms with Gasteiger partial charge in [0.2, 0.25) is 0 Å². The van der Waals surface area contributed by atoms with Crippen LogP contribution in [-0.4, -0.2) is 21.2 Å². The van der Waals surface area contributed by atoms with Crippen molar-refractivity contribution in [1.82, 2.24) is 9.97 Å². The molecule has 0 bridgehead atoms. The van der Waals surface area contributed by atoms with E-state index in [1.165, 1.54) is 11.1 Å². The smallest absolute Gasteiger partial charge is 0.413 e. The second-order valence-electron chi connectivity index (χ2n) is 3.87. The Hall–Kier alpha value is -2.43. The Morgan fingerprint density at radius 1 is 1.22 bits per heavy atom. The molecule has 1 aromatic heterocycles. The zero-order chi connectivity index (χ0) is 13.0. The maximum atomic E-state index is 11.2. The van der Waals surface area contributed by atoms with Crippen LogP contribution < -0.4 is 4.90 Å². The van der Waals surface area contributed by atoms with Gasteiger partial charge >= 0.3 is 6.09 Å². The van der Waals surface area contributed by atoms with Crippen LogP contribution in [0.1, 0.15) is 11.3 Å². The number of aromatic nitrogens is 2. The van der Waals surface area contributed by atoms with Crippen LogP contribution >= 0.6 is 0 Å². The van der Waals surface area contributed by atoms with Gasteiger partial charge in [-0.2, -0.15) is 0 Å². The van der Waals surface area contributed by atoms with Gasteiger partial charge in [-0.25, -0.2) is 9.78 Å². The molecule has 0 spiro atoms. The zero-order valence-corrected chi connectivity index (χ0v) is 9.95. The molecule has 2 aromatic rings. The number of anilines is 1. The van der Waals surface area contributed by atoms with E-state index in [4.69, 9.17) is 0 Å². The molecule has 2 rings (SSSR count). The Morgan fingerprint density at radius 3 is 2.50 bits per heavy atom. The fourth-order valence-corrected chi connectivity index (χ4v) is 1.54. The molecule has 0 fully saturated rings. The van der Waals surface area contributed by atoms with Crippen molar-refractivity contribution in [2.24, 2.45) is 0 Å². The summed E-state index contributed by atoms with van der Waals surface area (Å²) in [5.74, 6) is 0.331. The predicted octanol–water partition coefficient (Wildman–Crippen LogP) is 2.47. The van der Waals surface area contributed by atoms with Crippen molar-refractivity contribution in [1.29, 1.82) is 0 Å². The lowest BCUT2D eigenvalue weighted by Crippen LogP contribution is -2.29. The van der Waals surface area contributed by atoms with Gasteiger partial charge in [-0.1, -0.05) is 30.3 Å². The zero-order valence-electron chi connectivity index (χ0n) is 9.95. The minimum absolute atomic E-state index is 0.258. The lowest BCUT2D eigenvalue weighted by molar-refractivity contribution is 0.201. The van der Waals surface area contributed by atoms with Crippen LogP contribution in [-0.2, 0) is 6.54 Å². The van der Waals surface area contributed by atoms with Crippen LogP contribution in [0.4, 0.5) is 10.6 Å². The highest BCUT2D eigenvalue weighted by atomic mass is 16.4. The molecule has 0 radical (unpaired) electrons. The maximum Gasteiger partial charge on any atom is 0.413 e. The topological polar surface area (TPSA) is 66.3 Å². The Labute approximate surface area is 105 Å². The van der Waals surface area contributed by atoms with Crippen molar-refractivity contribution < 1.29 is 9.90 Å². The molecule has 1 aromatic carbocycles. The standard InChI is InChI=1S/C13H13N3O2/c1-10-7-15-12(8-14-10)16(13(17)18)9-11-5-3-2-4-6-11/h2-8H,9H2,1H3,(H,17,18). The van der Waals surface area contributed by atoms with Gasteiger partial charge in [0.05, 0.1) is 24.6 Å². The number of amides is 1. The van der Waals surface area contributed by atoms with Crippen molar-refractivity contribution >= 4 is 11.9 Å². The highest BCUT2D eigenvalue weighted by Crippen LogP contribution is 2.13. The van der Waals surface area contributed by atoms with Crippen LogP contribution in [0.2, 0.25) is 0 Å². The normalized spacial score (nSPS) is 10.1. The fraction of sp³-hybridized carbons (Fsp3) is 0.154. The van der Waals surface area contributed by atoms with Crippen LogP contribution in [0.5, 0.6) is 0 Å². The highest BCUT2D eigenvalue weighted by Gasteiger charge is 2.16. The van der Waals surface area contributed by atoms with E-state index in [0.717, 1.165) is 11.3 Å². The van der Waals surface area contributed by atoms with Gasteiger partial charge in [0.25, 0.3) is 0 Å². The summed E-state index contributed by atoms with van der Waals surface area (Å²) >= 11 is 0. The first-order chi connectivity index (χ1) is 8.66. The molecule has 0 aliphatic carbocycles. The third-order valence-electron chi connectivity index (χ3n) is 2.46. The van der Waals surface area contributed by atoms with E-state index < -0.39 is 6.09 Å². The molecule has 5 nitrogen and oxygen atoms in total. The first kappa shape index (κ1) is 12.0. The second kappa shape index (κ2) is 5.27. The van der Waals surface area contributed by atoms with Crippen LogP contribution in [0.15, 0.2) is 42.7 Å². The SMILES string of the molecule is Cc1cnc(N(Cc2ccccc2)C(=O)O)cn1. The lowest BCUT2D eigenvalue weighted by Gasteiger charge is -2.17. The van der Waals surface area contributed by atoms with E-state index in [1.54, 1.807) is 13.1 Å². The highest BCUT2D eigenvalue weighted by molar-refractivity contribution is 5.84. The maximum absolute atomic E-state index is 11.2. The van der Waals surface area contributed by atoms with E-state index >= 15 is 0 Å². The van der Waals surface area contributed by atoms with Crippen molar-refractivity contribution in [2.75, 3.05) is 4.90 Å². The van der Waals surface area contributed by atoms with Gasteiger partial charge in [0, 0.05) is 0 Å². The second-order valence-corrected chi connectivity index (χ2v) is 3.87. The summed E-state index contributed by atoms with van der Waals surface area (Å²) < 4.78 is 0. The van der Waals surface area contributed by atoms with Crippen molar-refractivity contribution in [3.63, 3.8) is 0 Å². The van der Waals surface area contributed by atoms with Gasteiger partial charge in [0.1, 0.15) is 0 Å². The van der Waals surface area contributed by atoms with Crippen LogP contribution in [0.25, 0.3) is 0 Å². The Kier molecular flexibility index (Phi) is 3.52. The summed E-state index contributed by atoms with van der Waals surface area (Å²) in [7, 11) is 0. The van der Waals surface area contributed by atoms with Gasteiger partial charge in [-0.15, -0.1) is 0 Å². The number of hydrogen-bond acceptors (Lipinski definition) is 3. The molecule has 18 heavy (non-hydrogen) atoms. The van der Waals surface area contributed by atoms with Gasteiger partial charge in [-0.3, -0.25) is 9.88 Å². The number of benzene rings is 1. The number of carbonyl (C=O) groups is 1. The van der Waals surface area contributed by atoms with Crippen LogP contribution in [0.3, 0.4) is 0 Å². The Morgan fingerprint density at radius 2 is 1.94 bits per heavy atom. The Balaban J connectivity index is 2.24. The van der Waals surface area contributed by atoms with E-state index in [0.29, 0.717) is 5.82 Å². The summed E-state index contributed by atoms with van der Waals surface area (Å²) in [6.07, 6.45) is 1.97. The molecule has 0 aliphatic rings. The molecular weight excluding hydrogens is 230 g/mol. The van der Waals surface area contributed by atoms with Gasteiger partial charge in [-0.05, 0) is 12.5 Å². The van der Waals surface area contributed by atoms with E-state index in [2.05, 4.69) is 9.97 Å². The molecule has 1 heterocycles. The van der Waals surface area contributed by atoms with Crippen molar-refractivity contribution in [3.05, 3.63) is 54.0 Å². The Bertz CT molecular complexity index is 526. The quantitative estimate of drug-likeness (QED) is 0.899.